The van der Waals surface area contributed by atoms with Crippen LogP contribution in [0.15, 0.2) is 56.9 Å². The zero-order valence-electron chi connectivity index (χ0n) is 18.9. The van der Waals surface area contributed by atoms with Crippen LogP contribution in [-0.2, 0) is 18.7 Å². The molecule has 0 saturated carbocycles. The van der Waals surface area contributed by atoms with Crippen molar-refractivity contribution in [3.8, 4) is 11.5 Å². The molecule has 0 atom stereocenters. The van der Waals surface area contributed by atoms with E-state index in [0.29, 0.717) is 51.6 Å². The van der Waals surface area contributed by atoms with Crippen LogP contribution in [0.25, 0.3) is 10.9 Å². The van der Waals surface area contributed by atoms with E-state index in [1.165, 1.54) is 11.8 Å². The fourth-order valence-corrected chi connectivity index (χ4v) is 4.31. The molecule has 2 aromatic heterocycles. The summed E-state index contributed by atoms with van der Waals surface area (Å²) < 4.78 is 17.8. The predicted molar refractivity (Wildman–Crippen MR) is 127 cm³/mol. The first kappa shape index (κ1) is 22.8. The molecule has 4 rings (SSSR count). The molecular formula is C24H26N4O4S. The molecule has 2 aromatic carbocycles. The van der Waals surface area contributed by atoms with E-state index >= 15 is 0 Å². The summed E-state index contributed by atoms with van der Waals surface area (Å²) in [5, 5.41) is 5.20. The third kappa shape index (κ3) is 5.19. The number of thioether (sulfide) groups is 1. The van der Waals surface area contributed by atoms with Crippen LogP contribution in [0.1, 0.15) is 37.0 Å². The first-order valence-corrected chi connectivity index (χ1v) is 11.8. The summed E-state index contributed by atoms with van der Waals surface area (Å²) in [6.45, 7) is 2.46. The van der Waals surface area contributed by atoms with Crippen molar-refractivity contribution in [2.75, 3.05) is 14.2 Å². The number of hydrogen-bond donors (Lipinski definition) is 0. The van der Waals surface area contributed by atoms with Crippen molar-refractivity contribution in [3.63, 3.8) is 0 Å². The lowest BCUT2D eigenvalue weighted by molar-refractivity contribution is 0.354. The summed E-state index contributed by atoms with van der Waals surface area (Å²) in [6.07, 6.45) is 2.88. The maximum atomic E-state index is 13.4. The number of hydrogen-bond acceptors (Lipinski definition) is 8. The summed E-state index contributed by atoms with van der Waals surface area (Å²) in [5.41, 5.74) is 1.45. The predicted octanol–water partition coefficient (Wildman–Crippen LogP) is 4.48. The van der Waals surface area contributed by atoms with Crippen molar-refractivity contribution in [1.82, 2.24) is 19.7 Å². The highest BCUT2D eigenvalue weighted by atomic mass is 32.2. The molecule has 0 N–H and O–H groups in total. The van der Waals surface area contributed by atoms with Crippen molar-refractivity contribution in [1.29, 1.82) is 0 Å². The fourth-order valence-electron chi connectivity index (χ4n) is 3.47. The van der Waals surface area contributed by atoms with Crippen molar-refractivity contribution < 1.29 is 14.0 Å². The Morgan fingerprint density at radius 1 is 1.06 bits per heavy atom. The SMILES string of the molecule is CCCCc1noc(CSc2nc3ccccc3c(=O)n2Cc2ccc(OC)c(OC)c2)n1. The molecule has 0 fully saturated rings. The van der Waals surface area contributed by atoms with Crippen LogP contribution in [0.4, 0.5) is 0 Å². The standard InChI is InChI=1S/C24H26N4O4S/c1-4-5-10-21-26-22(32-27-21)15-33-24-25-18-9-7-6-8-17(18)23(29)28(24)14-16-11-12-19(30-2)20(13-16)31-3/h6-9,11-13H,4-5,10,14-15H2,1-3H3. The van der Waals surface area contributed by atoms with Crippen LogP contribution in [0, 0.1) is 0 Å². The van der Waals surface area contributed by atoms with E-state index < -0.39 is 0 Å². The summed E-state index contributed by atoms with van der Waals surface area (Å²) in [6, 6.07) is 13.0. The molecule has 9 heteroatoms. The fraction of sp³-hybridized carbons (Fsp3) is 0.333. The van der Waals surface area contributed by atoms with E-state index in [0.717, 1.165) is 24.8 Å². The Balaban J connectivity index is 1.66. The van der Waals surface area contributed by atoms with Crippen LogP contribution in [-0.4, -0.2) is 33.9 Å². The van der Waals surface area contributed by atoms with Gasteiger partial charge in [0.2, 0.25) is 5.89 Å². The average Bonchev–Trinajstić information content (AvgIpc) is 3.31. The Bertz CT molecular complexity index is 1300. The van der Waals surface area contributed by atoms with Crippen molar-refractivity contribution >= 4 is 22.7 Å². The van der Waals surface area contributed by atoms with Gasteiger partial charge in [0.1, 0.15) is 0 Å². The summed E-state index contributed by atoms with van der Waals surface area (Å²) in [4.78, 5) is 22.6. The van der Waals surface area contributed by atoms with Gasteiger partial charge < -0.3 is 14.0 Å². The molecule has 0 aliphatic heterocycles. The van der Waals surface area contributed by atoms with Gasteiger partial charge in [0.05, 0.1) is 37.4 Å². The van der Waals surface area contributed by atoms with Gasteiger partial charge in [-0.2, -0.15) is 4.98 Å². The van der Waals surface area contributed by atoms with E-state index in [1.807, 2.05) is 36.4 Å². The lowest BCUT2D eigenvalue weighted by atomic mass is 10.2. The number of rotatable bonds is 10. The van der Waals surface area contributed by atoms with Crippen LogP contribution < -0.4 is 15.0 Å². The molecule has 0 saturated heterocycles. The van der Waals surface area contributed by atoms with Crippen LogP contribution >= 0.6 is 11.8 Å². The minimum Gasteiger partial charge on any atom is -0.493 e. The van der Waals surface area contributed by atoms with Crippen LogP contribution in [0.2, 0.25) is 0 Å². The van der Waals surface area contributed by atoms with E-state index in [2.05, 4.69) is 17.1 Å². The zero-order valence-corrected chi connectivity index (χ0v) is 19.7. The van der Waals surface area contributed by atoms with Gasteiger partial charge in [-0.3, -0.25) is 9.36 Å². The lowest BCUT2D eigenvalue weighted by Crippen LogP contribution is -2.24. The molecule has 0 unspecified atom stereocenters. The summed E-state index contributed by atoms with van der Waals surface area (Å²) in [7, 11) is 3.18. The highest BCUT2D eigenvalue weighted by Gasteiger charge is 2.15. The summed E-state index contributed by atoms with van der Waals surface area (Å²) >= 11 is 1.40. The third-order valence-corrected chi connectivity index (χ3v) is 6.17. The maximum Gasteiger partial charge on any atom is 0.262 e. The van der Waals surface area contributed by atoms with Crippen molar-refractivity contribution in [2.45, 2.75) is 43.6 Å². The molecule has 0 radical (unpaired) electrons. The van der Waals surface area contributed by atoms with Gasteiger partial charge in [-0.25, -0.2) is 4.98 Å². The van der Waals surface area contributed by atoms with Gasteiger partial charge in [-0.1, -0.05) is 48.5 Å². The normalized spacial score (nSPS) is 11.1. The minimum atomic E-state index is -0.105. The van der Waals surface area contributed by atoms with E-state index in [-0.39, 0.29) is 5.56 Å². The number of benzene rings is 2. The molecular weight excluding hydrogens is 440 g/mol. The van der Waals surface area contributed by atoms with E-state index in [9.17, 15) is 4.79 Å². The number of unbranched alkanes of at least 4 members (excludes halogenated alkanes) is 1. The monoisotopic (exact) mass is 466 g/mol. The van der Waals surface area contributed by atoms with Crippen molar-refractivity contribution in [2.24, 2.45) is 0 Å². The number of aromatic nitrogens is 4. The number of para-hydroxylation sites is 1. The second kappa shape index (κ2) is 10.5. The second-order valence-corrected chi connectivity index (χ2v) is 8.43. The van der Waals surface area contributed by atoms with Gasteiger partial charge in [0.15, 0.2) is 22.5 Å². The smallest absolute Gasteiger partial charge is 0.262 e. The Morgan fingerprint density at radius 2 is 1.88 bits per heavy atom. The molecule has 33 heavy (non-hydrogen) atoms. The maximum absolute atomic E-state index is 13.4. The van der Waals surface area contributed by atoms with Gasteiger partial charge in [-0.15, -0.1) is 0 Å². The highest BCUT2D eigenvalue weighted by molar-refractivity contribution is 7.98. The second-order valence-electron chi connectivity index (χ2n) is 7.49. The first-order chi connectivity index (χ1) is 16.1. The average molecular weight is 467 g/mol. The van der Waals surface area contributed by atoms with E-state index in [4.69, 9.17) is 19.0 Å². The molecule has 0 bridgehead atoms. The van der Waals surface area contributed by atoms with Gasteiger partial charge in [0, 0.05) is 6.42 Å². The van der Waals surface area contributed by atoms with Gasteiger partial charge in [0.25, 0.3) is 5.56 Å². The number of fused-ring (bicyclic) bond motifs is 1. The number of ether oxygens (including phenoxy) is 2. The molecule has 0 aliphatic carbocycles. The van der Waals surface area contributed by atoms with Crippen LogP contribution in [0.3, 0.4) is 0 Å². The molecule has 0 aliphatic rings. The molecule has 2 heterocycles. The summed E-state index contributed by atoms with van der Waals surface area (Å²) in [5.74, 6) is 2.90. The van der Waals surface area contributed by atoms with Gasteiger partial charge >= 0.3 is 0 Å². The largest absolute Gasteiger partial charge is 0.493 e. The van der Waals surface area contributed by atoms with Gasteiger partial charge in [-0.05, 0) is 36.2 Å². The zero-order chi connectivity index (χ0) is 23.2. The molecule has 172 valence electrons. The topological polar surface area (TPSA) is 92.3 Å². The van der Waals surface area contributed by atoms with E-state index in [1.54, 1.807) is 24.9 Å². The number of methoxy groups -OCH3 is 2. The molecule has 0 amide bonds. The molecule has 8 nitrogen and oxygen atoms in total. The number of aryl methyl sites for hydroxylation is 1. The Morgan fingerprint density at radius 3 is 2.67 bits per heavy atom. The Labute approximate surface area is 195 Å². The lowest BCUT2D eigenvalue weighted by Gasteiger charge is -2.14. The Kier molecular flexibility index (Phi) is 7.29. The molecule has 0 spiro atoms. The quantitative estimate of drug-likeness (QED) is 0.250. The molecule has 4 aromatic rings. The Hall–Kier alpha value is -3.33. The number of nitrogens with zero attached hydrogens (tertiary/aromatic N) is 4. The highest BCUT2D eigenvalue weighted by Crippen LogP contribution is 2.29. The van der Waals surface area contributed by atoms with Crippen LogP contribution in [0.5, 0.6) is 11.5 Å². The third-order valence-electron chi connectivity index (χ3n) is 5.20. The van der Waals surface area contributed by atoms with Crippen molar-refractivity contribution in [3.05, 3.63) is 70.1 Å². The minimum absolute atomic E-state index is 0.105. The first-order valence-electron chi connectivity index (χ1n) is 10.8.